The van der Waals surface area contributed by atoms with E-state index in [0.717, 1.165) is 38.8 Å². The molecule has 1 unspecified atom stereocenters. The van der Waals surface area contributed by atoms with Crippen LogP contribution in [0.25, 0.3) is 0 Å². The number of halogens is 3. The van der Waals surface area contributed by atoms with Gasteiger partial charge in [0.05, 0.1) is 12.6 Å². The van der Waals surface area contributed by atoms with Crippen molar-refractivity contribution in [3.63, 3.8) is 0 Å². The van der Waals surface area contributed by atoms with Crippen molar-refractivity contribution in [1.29, 1.82) is 0 Å². The van der Waals surface area contributed by atoms with Gasteiger partial charge in [0.2, 0.25) is 11.8 Å². The summed E-state index contributed by atoms with van der Waals surface area (Å²) in [5, 5.41) is 2.64. The topological polar surface area (TPSA) is 55.9 Å². The van der Waals surface area contributed by atoms with E-state index in [9.17, 15) is 18.4 Å². The molecule has 162 valence electrons. The number of hydrogen-bond donors (Lipinski definition) is 1. The van der Waals surface area contributed by atoms with Crippen molar-refractivity contribution in [2.45, 2.75) is 56.5 Å². The number of nitrogens with one attached hydrogen (secondary N) is 1. The van der Waals surface area contributed by atoms with E-state index in [2.05, 4.69) is 24.3 Å². The minimum Gasteiger partial charge on any atom is -0.343 e. The van der Waals surface area contributed by atoms with E-state index in [1.807, 2.05) is 4.90 Å². The molecule has 3 saturated heterocycles. The van der Waals surface area contributed by atoms with Crippen LogP contribution >= 0.6 is 12.4 Å². The molecule has 0 bridgehead atoms. The van der Waals surface area contributed by atoms with Crippen LogP contribution in [0.1, 0.15) is 38.5 Å². The molecule has 3 fully saturated rings. The van der Waals surface area contributed by atoms with E-state index in [-0.39, 0.29) is 30.1 Å². The molecule has 0 radical (unpaired) electrons. The fourth-order valence-corrected chi connectivity index (χ4v) is 4.48. The Balaban J connectivity index is 0.00000280. The van der Waals surface area contributed by atoms with Gasteiger partial charge in [0, 0.05) is 45.1 Å². The molecule has 28 heavy (non-hydrogen) atoms. The Morgan fingerprint density at radius 3 is 2.11 bits per heavy atom. The molecular weight excluding hydrogens is 390 g/mol. The number of piperidine rings is 2. The van der Waals surface area contributed by atoms with Gasteiger partial charge in [-0.15, -0.1) is 12.4 Å². The Labute approximate surface area is 172 Å². The van der Waals surface area contributed by atoms with Gasteiger partial charge in [0.25, 0.3) is 5.92 Å². The average molecular weight is 423 g/mol. The minimum absolute atomic E-state index is 0. The van der Waals surface area contributed by atoms with Crippen LogP contribution < -0.4 is 5.32 Å². The summed E-state index contributed by atoms with van der Waals surface area (Å²) < 4.78 is 26.6. The van der Waals surface area contributed by atoms with Gasteiger partial charge in [-0.3, -0.25) is 14.9 Å². The lowest BCUT2D eigenvalue weighted by Crippen LogP contribution is -2.48. The number of alkyl halides is 2. The van der Waals surface area contributed by atoms with Crippen LogP contribution in [0.2, 0.25) is 0 Å². The smallest absolute Gasteiger partial charge is 0.262 e. The van der Waals surface area contributed by atoms with Crippen LogP contribution in [0.15, 0.2) is 0 Å². The second-order valence-electron chi connectivity index (χ2n) is 8.54. The van der Waals surface area contributed by atoms with E-state index in [4.69, 9.17) is 0 Å². The first-order valence-corrected chi connectivity index (χ1v) is 10.1. The third kappa shape index (κ3) is 5.76. The molecule has 0 aliphatic carbocycles. The molecule has 3 aliphatic heterocycles. The molecule has 3 rings (SSSR count). The quantitative estimate of drug-likeness (QED) is 0.747. The summed E-state index contributed by atoms with van der Waals surface area (Å²) in [6.45, 7) is 2.34. The van der Waals surface area contributed by atoms with Crippen LogP contribution in [-0.2, 0) is 9.59 Å². The molecule has 3 aliphatic rings. The van der Waals surface area contributed by atoms with E-state index in [1.54, 1.807) is 4.90 Å². The minimum atomic E-state index is -2.79. The molecule has 1 atom stereocenters. The highest BCUT2D eigenvalue weighted by Crippen LogP contribution is 2.28. The van der Waals surface area contributed by atoms with E-state index in [0.29, 0.717) is 25.6 Å². The van der Waals surface area contributed by atoms with Crippen molar-refractivity contribution in [3.8, 4) is 0 Å². The summed E-state index contributed by atoms with van der Waals surface area (Å²) in [4.78, 5) is 30.9. The van der Waals surface area contributed by atoms with Gasteiger partial charge >= 0.3 is 0 Å². The Hall–Kier alpha value is -0.990. The first-order valence-electron chi connectivity index (χ1n) is 10.1. The fraction of sp³-hybridized carbons (Fsp3) is 0.895. The number of nitrogens with zero attached hydrogens (tertiary/aromatic N) is 3. The van der Waals surface area contributed by atoms with E-state index >= 15 is 0 Å². The Bertz CT molecular complexity index is 548. The zero-order valence-electron chi connectivity index (χ0n) is 16.8. The summed E-state index contributed by atoms with van der Waals surface area (Å²) in [5.41, 5.74) is 0. The maximum absolute atomic E-state index is 13.3. The Morgan fingerprint density at radius 2 is 1.61 bits per heavy atom. The first kappa shape index (κ1) is 23.3. The normalized spacial score (nSPS) is 26.4. The van der Waals surface area contributed by atoms with Crippen LogP contribution in [0.3, 0.4) is 0 Å². The molecule has 0 spiro atoms. The lowest BCUT2D eigenvalue weighted by Gasteiger charge is -2.37. The zero-order chi connectivity index (χ0) is 19.6. The van der Waals surface area contributed by atoms with Crippen molar-refractivity contribution in [1.82, 2.24) is 20.0 Å². The first-order chi connectivity index (χ1) is 12.7. The van der Waals surface area contributed by atoms with Gasteiger partial charge in [-0.2, -0.15) is 0 Å². The van der Waals surface area contributed by atoms with Gasteiger partial charge < -0.3 is 14.7 Å². The van der Waals surface area contributed by atoms with E-state index < -0.39 is 24.9 Å². The van der Waals surface area contributed by atoms with E-state index in [1.165, 1.54) is 0 Å². The van der Waals surface area contributed by atoms with Gasteiger partial charge in [-0.05, 0) is 45.7 Å². The molecule has 0 aromatic heterocycles. The lowest BCUT2D eigenvalue weighted by molar-refractivity contribution is -0.136. The van der Waals surface area contributed by atoms with Crippen LogP contribution in [0.4, 0.5) is 8.78 Å². The number of carbonyl (C=O) groups is 2. The summed E-state index contributed by atoms with van der Waals surface area (Å²) in [6, 6.07) is -0.212. The van der Waals surface area contributed by atoms with Crippen molar-refractivity contribution in [2.75, 3.05) is 46.8 Å². The lowest BCUT2D eigenvalue weighted by atomic mass is 9.92. The molecule has 0 saturated carbocycles. The number of rotatable bonds is 4. The molecule has 6 nitrogen and oxygen atoms in total. The largest absolute Gasteiger partial charge is 0.343 e. The third-order valence-electron chi connectivity index (χ3n) is 6.34. The van der Waals surface area contributed by atoms with Gasteiger partial charge in [-0.25, -0.2) is 8.78 Å². The second kappa shape index (κ2) is 9.67. The highest BCUT2D eigenvalue weighted by molar-refractivity contribution is 5.85. The van der Waals surface area contributed by atoms with Gasteiger partial charge in [0.15, 0.2) is 0 Å². The number of carbonyl (C=O) groups excluding carboxylic acids is 2. The van der Waals surface area contributed by atoms with Gasteiger partial charge in [0.1, 0.15) is 0 Å². The predicted octanol–water partition coefficient (Wildman–Crippen LogP) is 1.59. The highest BCUT2D eigenvalue weighted by Gasteiger charge is 2.44. The fourth-order valence-electron chi connectivity index (χ4n) is 4.48. The summed E-state index contributed by atoms with van der Waals surface area (Å²) in [7, 11) is 4.17. The summed E-state index contributed by atoms with van der Waals surface area (Å²) >= 11 is 0. The van der Waals surface area contributed by atoms with Crippen molar-refractivity contribution < 1.29 is 18.4 Å². The van der Waals surface area contributed by atoms with Crippen molar-refractivity contribution in [2.24, 2.45) is 5.92 Å². The molecule has 2 amide bonds. The maximum atomic E-state index is 13.3. The van der Waals surface area contributed by atoms with Crippen molar-refractivity contribution in [3.05, 3.63) is 0 Å². The highest BCUT2D eigenvalue weighted by atomic mass is 35.5. The monoisotopic (exact) mass is 422 g/mol. The molecule has 9 heteroatoms. The standard InChI is InChI=1S/C19H32F2N4O2.ClH/c1-23(2)15-5-9-24(10-6-15)17(26)11-14-3-7-25(8-4-14)18(27)16-12-19(20,21)13-22-16;/h14-16,22H,3-13H2,1-2H3;1H. The number of amides is 2. The SMILES string of the molecule is CN(C)C1CCN(C(=O)CC2CCN(C(=O)C3CC(F)(F)CN3)CC2)CC1.Cl. The molecule has 0 aromatic carbocycles. The van der Waals surface area contributed by atoms with Crippen LogP contribution in [0.5, 0.6) is 0 Å². The van der Waals surface area contributed by atoms with Gasteiger partial charge in [-0.1, -0.05) is 0 Å². The Kier molecular flexibility index (Phi) is 8.05. The molecule has 3 heterocycles. The molecule has 0 aromatic rings. The zero-order valence-corrected chi connectivity index (χ0v) is 17.6. The van der Waals surface area contributed by atoms with Crippen LogP contribution in [0, 0.1) is 5.92 Å². The average Bonchev–Trinajstić information content (AvgIpc) is 3.01. The number of likely N-dealkylation sites (tertiary alicyclic amines) is 2. The summed E-state index contributed by atoms with van der Waals surface area (Å²) in [6.07, 6.45) is 3.71. The second-order valence-corrected chi connectivity index (χ2v) is 8.54. The van der Waals surface area contributed by atoms with Crippen molar-refractivity contribution >= 4 is 24.2 Å². The third-order valence-corrected chi connectivity index (χ3v) is 6.34. The van der Waals surface area contributed by atoms with Crippen LogP contribution in [-0.4, -0.2) is 91.3 Å². The Morgan fingerprint density at radius 1 is 1.04 bits per heavy atom. The summed E-state index contributed by atoms with van der Waals surface area (Å²) in [5.74, 6) is -2.51. The predicted molar refractivity (Wildman–Crippen MR) is 106 cm³/mol. The maximum Gasteiger partial charge on any atom is 0.262 e. The molecular formula is C19H33ClF2N4O2. The molecule has 1 N–H and O–H groups in total. The number of hydrogen-bond acceptors (Lipinski definition) is 4.